The third-order valence-electron chi connectivity index (χ3n) is 4.00. The van der Waals surface area contributed by atoms with E-state index in [1.807, 2.05) is 0 Å². The van der Waals surface area contributed by atoms with Crippen molar-refractivity contribution in [3.8, 4) is 0 Å². The number of amides is 1. The zero-order chi connectivity index (χ0) is 14.1. The number of alkyl halides is 3. The molecule has 0 aromatic rings. The van der Waals surface area contributed by atoms with Gasteiger partial charge < -0.3 is 15.3 Å². The highest BCUT2D eigenvalue weighted by Crippen LogP contribution is 2.37. The summed E-state index contributed by atoms with van der Waals surface area (Å²) in [7, 11) is 0. The second-order valence-corrected chi connectivity index (χ2v) is 5.43. The van der Waals surface area contributed by atoms with Crippen LogP contribution in [-0.4, -0.2) is 53.4 Å². The molecule has 1 amide bonds. The molecule has 7 heteroatoms. The summed E-state index contributed by atoms with van der Waals surface area (Å²) in [6.45, 7) is 0.288. The fourth-order valence-electron chi connectivity index (χ4n) is 2.70. The lowest BCUT2D eigenvalue weighted by Crippen LogP contribution is -2.48. The second-order valence-electron chi connectivity index (χ2n) is 5.43. The van der Waals surface area contributed by atoms with Crippen molar-refractivity contribution in [1.82, 2.24) is 10.2 Å². The Bertz CT molecular complexity index is 342. The highest BCUT2D eigenvalue weighted by molar-refractivity contribution is 5.76. The Morgan fingerprint density at radius 3 is 2.74 bits per heavy atom. The lowest BCUT2D eigenvalue weighted by molar-refractivity contribution is -0.253. The number of hydrogen-bond donors (Lipinski definition) is 2. The molecule has 2 aliphatic heterocycles. The summed E-state index contributed by atoms with van der Waals surface area (Å²) >= 11 is 0. The van der Waals surface area contributed by atoms with Crippen LogP contribution in [0.2, 0.25) is 0 Å². The molecule has 0 aliphatic carbocycles. The molecule has 0 bridgehead atoms. The molecule has 0 aromatic heterocycles. The molecule has 110 valence electrons. The average Bonchev–Trinajstić information content (AvgIpc) is 2.94. The third kappa shape index (κ3) is 3.20. The van der Waals surface area contributed by atoms with Crippen LogP contribution in [0.15, 0.2) is 0 Å². The SMILES string of the molecule is O=C(CCC1CCCN1)N1CCC(O)(C(F)(F)F)C1. The molecule has 4 nitrogen and oxygen atoms in total. The largest absolute Gasteiger partial charge is 0.419 e. The van der Waals surface area contributed by atoms with Gasteiger partial charge in [0.2, 0.25) is 5.91 Å². The minimum absolute atomic E-state index is 0.0209. The normalized spacial score (nSPS) is 32.0. The monoisotopic (exact) mass is 280 g/mol. The summed E-state index contributed by atoms with van der Waals surface area (Å²) in [4.78, 5) is 13.0. The first-order chi connectivity index (χ1) is 8.82. The van der Waals surface area contributed by atoms with Gasteiger partial charge in [0.15, 0.2) is 5.60 Å². The highest BCUT2D eigenvalue weighted by atomic mass is 19.4. The molecule has 0 aromatic carbocycles. The van der Waals surface area contributed by atoms with Crippen LogP contribution in [0.4, 0.5) is 13.2 Å². The van der Waals surface area contributed by atoms with E-state index < -0.39 is 24.7 Å². The lowest BCUT2D eigenvalue weighted by Gasteiger charge is -2.26. The van der Waals surface area contributed by atoms with Gasteiger partial charge >= 0.3 is 6.18 Å². The maximum absolute atomic E-state index is 12.6. The summed E-state index contributed by atoms with van der Waals surface area (Å²) in [6.07, 6.45) is -2.11. The van der Waals surface area contributed by atoms with Crippen molar-refractivity contribution in [2.45, 2.75) is 49.9 Å². The fourth-order valence-corrected chi connectivity index (χ4v) is 2.70. The average molecular weight is 280 g/mol. The standard InChI is InChI=1S/C12H19F3N2O2/c13-12(14,15)11(19)5-7-17(8-11)10(18)4-3-9-2-1-6-16-9/h9,16,19H,1-8H2. The van der Waals surface area contributed by atoms with E-state index in [2.05, 4.69) is 5.32 Å². The Morgan fingerprint density at radius 2 is 2.21 bits per heavy atom. The number of carbonyl (C=O) groups excluding carboxylic acids is 1. The molecule has 0 saturated carbocycles. The maximum Gasteiger partial charge on any atom is 0.419 e. The van der Waals surface area contributed by atoms with Crippen molar-refractivity contribution in [1.29, 1.82) is 0 Å². The molecular weight excluding hydrogens is 261 g/mol. The van der Waals surface area contributed by atoms with Crippen molar-refractivity contribution < 1.29 is 23.1 Å². The van der Waals surface area contributed by atoms with Gasteiger partial charge in [-0.05, 0) is 25.8 Å². The van der Waals surface area contributed by atoms with Crippen molar-refractivity contribution in [2.75, 3.05) is 19.6 Å². The van der Waals surface area contributed by atoms with Gasteiger partial charge in [-0.15, -0.1) is 0 Å². The Labute approximate surface area is 110 Å². The molecule has 2 aliphatic rings. The van der Waals surface area contributed by atoms with Gasteiger partial charge in [0.1, 0.15) is 0 Å². The van der Waals surface area contributed by atoms with Crippen molar-refractivity contribution in [2.24, 2.45) is 0 Å². The topological polar surface area (TPSA) is 52.6 Å². The fraction of sp³-hybridized carbons (Fsp3) is 0.917. The zero-order valence-electron chi connectivity index (χ0n) is 10.7. The molecule has 0 radical (unpaired) electrons. The number of rotatable bonds is 3. The van der Waals surface area contributed by atoms with Crippen LogP contribution < -0.4 is 5.32 Å². The number of aliphatic hydroxyl groups is 1. The second kappa shape index (κ2) is 5.28. The van der Waals surface area contributed by atoms with Gasteiger partial charge in [0.05, 0.1) is 6.54 Å². The van der Waals surface area contributed by atoms with Crippen LogP contribution in [0.5, 0.6) is 0 Å². The molecule has 2 saturated heterocycles. The van der Waals surface area contributed by atoms with Gasteiger partial charge in [-0.2, -0.15) is 13.2 Å². The number of hydrogen-bond acceptors (Lipinski definition) is 3. The summed E-state index contributed by atoms with van der Waals surface area (Å²) in [5.74, 6) is -0.297. The molecule has 2 fully saturated rings. The zero-order valence-corrected chi connectivity index (χ0v) is 10.7. The number of nitrogens with zero attached hydrogens (tertiary/aromatic N) is 1. The first-order valence-electron chi connectivity index (χ1n) is 6.62. The Morgan fingerprint density at radius 1 is 1.47 bits per heavy atom. The van der Waals surface area contributed by atoms with Gasteiger partial charge in [0, 0.05) is 25.4 Å². The summed E-state index contributed by atoms with van der Waals surface area (Å²) in [5, 5.41) is 12.7. The Kier molecular flexibility index (Phi) is 4.06. The van der Waals surface area contributed by atoms with E-state index in [-0.39, 0.29) is 18.9 Å². The maximum atomic E-state index is 12.6. The van der Waals surface area contributed by atoms with Crippen LogP contribution in [0, 0.1) is 0 Å². The smallest absolute Gasteiger partial charge is 0.379 e. The van der Waals surface area contributed by atoms with Crippen molar-refractivity contribution >= 4 is 5.91 Å². The van der Waals surface area contributed by atoms with E-state index in [1.54, 1.807) is 0 Å². The van der Waals surface area contributed by atoms with E-state index in [0.29, 0.717) is 12.5 Å². The van der Waals surface area contributed by atoms with E-state index in [4.69, 9.17) is 0 Å². The number of nitrogens with one attached hydrogen (secondary N) is 1. The number of likely N-dealkylation sites (tertiary alicyclic amines) is 1. The molecule has 19 heavy (non-hydrogen) atoms. The Hall–Kier alpha value is -0.820. The van der Waals surface area contributed by atoms with Crippen molar-refractivity contribution in [3.63, 3.8) is 0 Å². The molecule has 2 atom stereocenters. The first-order valence-corrected chi connectivity index (χ1v) is 6.62. The predicted octanol–water partition coefficient (Wildman–Crippen LogP) is 1.04. The molecule has 2 N–H and O–H groups in total. The highest BCUT2D eigenvalue weighted by Gasteiger charge is 2.57. The van der Waals surface area contributed by atoms with Gasteiger partial charge in [0.25, 0.3) is 0 Å². The van der Waals surface area contributed by atoms with Crippen LogP contribution in [-0.2, 0) is 4.79 Å². The van der Waals surface area contributed by atoms with Gasteiger partial charge in [-0.25, -0.2) is 0 Å². The van der Waals surface area contributed by atoms with Gasteiger partial charge in [-0.3, -0.25) is 4.79 Å². The summed E-state index contributed by atoms with van der Waals surface area (Å²) in [5.41, 5.74) is -2.73. The Balaban J connectivity index is 1.81. The molecule has 2 rings (SSSR count). The van der Waals surface area contributed by atoms with E-state index in [1.165, 1.54) is 0 Å². The predicted molar refractivity (Wildman–Crippen MR) is 62.5 cm³/mol. The minimum Gasteiger partial charge on any atom is -0.379 e. The third-order valence-corrected chi connectivity index (χ3v) is 4.00. The van der Waals surface area contributed by atoms with E-state index >= 15 is 0 Å². The lowest BCUT2D eigenvalue weighted by atomic mass is 10.0. The number of carbonyl (C=O) groups is 1. The minimum atomic E-state index is -4.67. The quantitative estimate of drug-likeness (QED) is 0.812. The van der Waals surface area contributed by atoms with Crippen LogP contribution in [0.25, 0.3) is 0 Å². The summed E-state index contributed by atoms with van der Waals surface area (Å²) < 4.78 is 37.8. The van der Waals surface area contributed by atoms with Crippen LogP contribution >= 0.6 is 0 Å². The van der Waals surface area contributed by atoms with Crippen LogP contribution in [0.1, 0.15) is 32.1 Å². The molecular formula is C12H19F3N2O2. The van der Waals surface area contributed by atoms with E-state index in [0.717, 1.165) is 24.3 Å². The number of halogens is 3. The molecule has 0 spiro atoms. The van der Waals surface area contributed by atoms with Gasteiger partial charge in [-0.1, -0.05) is 0 Å². The van der Waals surface area contributed by atoms with Crippen LogP contribution in [0.3, 0.4) is 0 Å². The summed E-state index contributed by atoms with van der Waals surface area (Å²) in [6, 6.07) is 0.299. The van der Waals surface area contributed by atoms with Crippen molar-refractivity contribution in [3.05, 3.63) is 0 Å². The van der Waals surface area contributed by atoms with E-state index in [9.17, 15) is 23.1 Å². The number of β-amino-alcohol motifs (C(OH)–C–C–N with tert-alkyl or cyclic N) is 1. The molecule has 2 unspecified atom stereocenters. The first kappa shape index (κ1) is 14.6. The molecule has 2 heterocycles.